The summed E-state index contributed by atoms with van der Waals surface area (Å²) >= 11 is 5.89. The second-order valence-corrected chi connectivity index (χ2v) is 6.29. The monoisotopic (exact) mass is 420 g/mol. The van der Waals surface area contributed by atoms with Crippen LogP contribution in [-0.2, 0) is 4.79 Å². The Morgan fingerprint density at radius 3 is 2.31 bits per heavy atom. The number of non-ortho nitro benzene ring substituents is 1. The highest BCUT2D eigenvalue weighted by molar-refractivity contribution is 6.32. The second kappa shape index (κ2) is 10.3. The lowest BCUT2D eigenvalue weighted by molar-refractivity contribution is -0.384. The molecule has 0 radical (unpaired) electrons. The van der Waals surface area contributed by atoms with Gasteiger partial charge in [-0.3, -0.25) is 30.6 Å². The maximum Gasteiger partial charge on any atom is 0.276 e. The number of ether oxygens (including phenoxy) is 1. The number of nitrogens with one attached hydrogen (secondary N) is 2. The Bertz CT molecular complexity index is 885. The Labute approximate surface area is 172 Å². The molecule has 0 saturated heterocycles. The van der Waals surface area contributed by atoms with Gasteiger partial charge in [-0.2, -0.15) is 0 Å². The standard InChI is InChI=1S/C19H21ClN4O5/c1-3-23(4-2)14-7-5-13(6-8-14)19(26)22-21-18(25)12-29-17-10-9-15(24(27)28)11-16(17)20/h5-11H,3-4,12H2,1-2H3,(H,21,25)(H,22,26). The van der Waals surface area contributed by atoms with Crippen LogP contribution >= 0.6 is 11.6 Å². The fourth-order valence-electron chi connectivity index (χ4n) is 2.51. The number of hydrogen-bond donors (Lipinski definition) is 2. The van der Waals surface area contributed by atoms with Crippen molar-refractivity contribution in [2.75, 3.05) is 24.6 Å². The first kappa shape index (κ1) is 22.0. The first-order valence-corrected chi connectivity index (χ1v) is 9.24. The van der Waals surface area contributed by atoms with Gasteiger partial charge in [0.25, 0.3) is 17.5 Å². The van der Waals surface area contributed by atoms with E-state index in [1.165, 1.54) is 12.1 Å². The lowest BCUT2D eigenvalue weighted by atomic mass is 10.2. The molecule has 2 amide bonds. The van der Waals surface area contributed by atoms with E-state index in [-0.39, 0.29) is 16.5 Å². The largest absolute Gasteiger partial charge is 0.482 e. The predicted octanol–water partition coefficient (Wildman–Crippen LogP) is 2.93. The third-order valence-corrected chi connectivity index (χ3v) is 4.35. The van der Waals surface area contributed by atoms with Crippen LogP contribution in [0.25, 0.3) is 0 Å². The number of carbonyl (C=O) groups excluding carboxylic acids is 2. The average molecular weight is 421 g/mol. The third kappa shape index (κ3) is 6.08. The Morgan fingerprint density at radius 1 is 1.10 bits per heavy atom. The Morgan fingerprint density at radius 2 is 1.76 bits per heavy atom. The first-order chi connectivity index (χ1) is 13.8. The van der Waals surface area contributed by atoms with Crippen molar-refractivity contribution in [2.24, 2.45) is 0 Å². The normalized spacial score (nSPS) is 10.2. The summed E-state index contributed by atoms with van der Waals surface area (Å²) in [6.45, 7) is 5.38. The van der Waals surface area contributed by atoms with Gasteiger partial charge in [0, 0.05) is 36.5 Å². The molecule has 2 rings (SSSR count). The summed E-state index contributed by atoms with van der Waals surface area (Å²) in [4.78, 5) is 36.2. The molecule has 2 aromatic rings. The molecule has 0 aliphatic carbocycles. The molecular formula is C19H21ClN4O5. The molecule has 10 heteroatoms. The number of hydrogen-bond acceptors (Lipinski definition) is 6. The average Bonchev–Trinajstić information content (AvgIpc) is 2.72. The van der Waals surface area contributed by atoms with Gasteiger partial charge in [-0.1, -0.05) is 11.6 Å². The van der Waals surface area contributed by atoms with Crippen LogP contribution in [0.2, 0.25) is 5.02 Å². The Kier molecular flexibility index (Phi) is 7.79. The zero-order chi connectivity index (χ0) is 21.4. The van der Waals surface area contributed by atoms with Gasteiger partial charge < -0.3 is 9.64 Å². The van der Waals surface area contributed by atoms with Gasteiger partial charge in [-0.15, -0.1) is 0 Å². The van der Waals surface area contributed by atoms with E-state index < -0.39 is 23.3 Å². The van der Waals surface area contributed by atoms with Crippen molar-refractivity contribution in [2.45, 2.75) is 13.8 Å². The second-order valence-electron chi connectivity index (χ2n) is 5.88. The summed E-state index contributed by atoms with van der Waals surface area (Å²) < 4.78 is 5.21. The molecule has 0 aromatic heterocycles. The lowest BCUT2D eigenvalue weighted by Gasteiger charge is -2.21. The van der Waals surface area contributed by atoms with E-state index in [9.17, 15) is 19.7 Å². The molecule has 0 atom stereocenters. The summed E-state index contributed by atoms with van der Waals surface area (Å²) in [7, 11) is 0. The molecule has 2 N–H and O–H groups in total. The number of benzene rings is 2. The van der Waals surface area contributed by atoms with E-state index in [4.69, 9.17) is 16.3 Å². The van der Waals surface area contributed by atoms with Crippen LogP contribution in [0.4, 0.5) is 11.4 Å². The summed E-state index contributed by atoms with van der Waals surface area (Å²) in [5, 5.41) is 10.7. The summed E-state index contributed by atoms with van der Waals surface area (Å²) in [6.07, 6.45) is 0. The van der Waals surface area contributed by atoms with Crippen molar-refractivity contribution in [3.05, 3.63) is 63.2 Å². The molecule has 0 bridgehead atoms. The molecule has 29 heavy (non-hydrogen) atoms. The number of rotatable bonds is 8. The molecule has 0 spiro atoms. The van der Waals surface area contributed by atoms with Crippen molar-refractivity contribution >= 4 is 34.8 Å². The van der Waals surface area contributed by atoms with E-state index in [0.29, 0.717) is 5.56 Å². The topological polar surface area (TPSA) is 114 Å². The molecule has 0 aliphatic heterocycles. The summed E-state index contributed by atoms with van der Waals surface area (Å²) in [6, 6.07) is 10.6. The predicted molar refractivity (Wildman–Crippen MR) is 109 cm³/mol. The highest BCUT2D eigenvalue weighted by Crippen LogP contribution is 2.28. The molecule has 0 saturated carbocycles. The molecule has 9 nitrogen and oxygen atoms in total. The van der Waals surface area contributed by atoms with Crippen molar-refractivity contribution in [3.8, 4) is 5.75 Å². The minimum Gasteiger partial charge on any atom is -0.482 e. The van der Waals surface area contributed by atoms with Crippen LogP contribution in [0.1, 0.15) is 24.2 Å². The number of carbonyl (C=O) groups is 2. The van der Waals surface area contributed by atoms with Crippen LogP contribution in [0.3, 0.4) is 0 Å². The number of anilines is 1. The zero-order valence-electron chi connectivity index (χ0n) is 16.0. The third-order valence-electron chi connectivity index (χ3n) is 4.06. The van der Waals surface area contributed by atoms with Gasteiger partial charge in [0.15, 0.2) is 6.61 Å². The SMILES string of the molecule is CCN(CC)c1ccc(C(=O)NNC(=O)COc2ccc([N+](=O)[O-])cc2Cl)cc1. The maximum atomic E-state index is 12.1. The minimum absolute atomic E-state index is 0.00401. The highest BCUT2D eigenvalue weighted by atomic mass is 35.5. The van der Waals surface area contributed by atoms with Gasteiger partial charge in [0.1, 0.15) is 5.75 Å². The maximum absolute atomic E-state index is 12.1. The molecule has 154 valence electrons. The molecule has 0 unspecified atom stereocenters. The summed E-state index contributed by atoms with van der Waals surface area (Å²) in [5.74, 6) is -0.976. The van der Waals surface area contributed by atoms with E-state index in [0.717, 1.165) is 24.8 Å². The van der Waals surface area contributed by atoms with Gasteiger partial charge >= 0.3 is 0 Å². The number of hydrazine groups is 1. The van der Waals surface area contributed by atoms with Crippen LogP contribution in [0, 0.1) is 10.1 Å². The number of amides is 2. The van der Waals surface area contributed by atoms with Crippen LogP contribution < -0.4 is 20.5 Å². The number of nitro benzene ring substituents is 1. The first-order valence-electron chi connectivity index (χ1n) is 8.86. The van der Waals surface area contributed by atoms with E-state index in [1.807, 2.05) is 26.0 Å². The van der Waals surface area contributed by atoms with Crippen LogP contribution in [-0.4, -0.2) is 36.4 Å². The Balaban J connectivity index is 1.84. The molecule has 0 aliphatic rings. The quantitative estimate of drug-likeness (QED) is 0.501. The van der Waals surface area contributed by atoms with Crippen molar-refractivity contribution in [1.82, 2.24) is 10.9 Å². The molecule has 0 fully saturated rings. The van der Waals surface area contributed by atoms with Crippen molar-refractivity contribution < 1.29 is 19.2 Å². The lowest BCUT2D eigenvalue weighted by Crippen LogP contribution is -2.43. The van der Waals surface area contributed by atoms with Gasteiger partial charge in [-0.25, -0.2) is 0 Å². The highest BCUT2D eigenvalue weighted by Gasteiger charge is 2.13. The number of nitro groups is 1. The van der Waals surface area contributed by atoms with Crippen LogP contribution in [0.5, 0.6) is 5.75 Å². The van der Waals surface area contributed by atoms with E-state index >= 15 is 0 Å². The fourth-order valence-corrected chi connectivity index (χ4v) is 2.74. The smallest absolute Gasteiger partial charge is 0.276 e. The van der Waals surface area contributed by atoms with Gasteiger partial charge in [-0.05, 0) is 44.2 Å². The fraction of sp³-hybridized carbons (Fsp3) is 0.263. The zero-order valence-corrected chi connectivity index (χ0v) is 16.7. The van der Waals surface area contributed by atoms with E-state index in [2.05, 4.69) is 15.8 Å². The molecule has 2 aromatic carbocycles. The van der Waals surface area contributed by atoms with Gasteiger partial charge in [0.2, 0.25) is 0 Å². The summed E-state index contributed by atoms with van der Waals surface area (Å²) in [5.41, 5.74) is 5.73. The van der Waals surface area contributed by atoms with Gasteiger partial charge in [0.05, 0.1) is 9.95 Å². The Hall–Kier alpha value is -3.33. The minimum atomic E-state index is -0.618. The number of nitrogens with zero attached hydrogens (tertiary/aromatic N) is 2. The van der Waals surface area contributed by atoms with E-state index in [1.54, 1.807) is 12.1 Å². The van der Waals surface area contributed by atoms with Crippen LogP contribution in [0.15, 0.2) is 42.5 Å². The number of halogens is 1. The molecule has 0 heterocycles. The van der Waals surface area contributed by atoms with Crippen molar-refractivity contribution in [1.29, 1.82) is 0 Å². The van der Waals surface area contributed by atoms with Crippen molar-refractivity contribution in [3.63, 3.8) is 0 Å². The molecular weight excluding hydrogens is 400 g/mol.